The Balaban J connectivity index is 2.14. The van der Waals surface area contributed by atoms with Gasteiger partial charge in [0.2, 0.25) is 0 Å². The average Bonchev–Trinajstić information content (AvgIpc) is 2.85. The molecule has 0 aromatic heterocycles. The van der Waals surface area contributed by atoms with Crippen LogP contribution in [0.4, 0.5) is 0 Å². The van der Waals surface area contributed by atoms with Crippen molar-refractivity contribution in [3.05, 3.63) is 0 Å². The van der Waals surface area contributed by atoms with Crippen molar-refractivity contribution in [1.29, 1.82) is 0 Å². The Morgan fingerprint density at radius 2 is 1.91 bits per heavy atom. The van der Waals surface area contributed by atoms with E-state index in [9.17, 15) is 15.0 Å². The predicted octanol–water partition coefficient (Wildman–Crippen LogP) is 3.18. The minimum absolute atomic E-state index is 0.0683. The van der Waals surface area contributed by atoms with Crippen LogP contribution in [0.2, 0.25) is 0 Å². The zero-order valence-electron chi connectivity index (χ0n) is 14.5. The third-order valence-electron chi connectivity index (χ3n) is 8.13. The van der Waals surface area contributed by atoms with Gasteiger partial charge in [-0.2, -0.15) is 0 Å². The van der Waals surface area contributed by atoms with Gasteiger partial charge < -0.3 is 10.2 Å². The normalized spacial score (nSPS) is 55.5. The number of ketones is 1. The summed E-state index contributed by atoms with van der Waals surface area (Å²) < 4.78 is 0. The maximum absolute atomic E-state index is 12.8. The van der Waals surface area contributed by atoms with E-state index in [0.717, 1.165) is 25.7 Å². The Hall–Kier alpha value is -0.410. The van der Waals surface area contributed by atoms with E-state index >= 15 is 0 Å². The Labute approximate surface area is 134 Å². The summed E-state index contributed by atoms with van der Waals surface area (Å²) in [4.78, 5) is 12.8. The van der Waals surface area contributed by atoms with Crippen molar-refractivity contribution < 1.29 is 15.0 Å². The van der Waals surface area contributed by atoms with Crippen LogP contribution in [0.25, 0.3) is 0 Å². The number of carbonyl (C=O) groups is 1. The van der Waals surface area contributed by atoms with Crippen LogP contribution in [0.1, 0.15) is 66.2 Å². The second kappa shape index (κ2) is 5.31. The molecule has 0 radical (unpaired) electrons. The average molecular weight is 308 g/mol. The van der Waals surface area contributed by atoms with Gasteiger partial charge in [0.1, 0.15) is 5.78 Å². The number of aliphatic hydroxyl groups excluding tert-OH is 2. The van der Waals surface area contributed by atoms with Gasteiger partial charge >= 0.3 is 0 Å². The molecule has 2 N–H and O–H groups in total. The van der Waals surface area contributed by atoms with Crippen LogP contribution < -0.4 is 0 Å². The fraction of sp³-hybridized carbons (Fsp3) is 0.947. The first-order chi connectivity index (χ1) is 10.3. The van der Waals surface area contributed by atoms with Gasteiger partial charge in [0.25, 0.3) is 0 Å². The molecule has 0 spiro atoms. The first-order valence-corrected chi connectivity index (χ1v) is 9.17. The van der Waals surface area contributed by atoms with Crippen molar-refractivity contribution in [1.82, 2.24) is 0 Å². The third-order valence-corrected chi connectivity index (χ3v) is 8.13. The quantitative estimate of drug-likeness (QED) is 0.782. The van der Waals surface area contributed by atoms with Crippen molar-refractivity contribution >= 4 is 5.78 Å². The summed E-state index contributed by atoms with van der Waals surface area (Å²) in [5, 5.41) is 22.0. The van der Waals surface area contributed by atoms with Crippen molar-refractivity contribution in [2.45, 2.75) is 78.4 Å². The molecule has 3 nitrogen and oxygen atoms in total. The van der Waals surface area contributed by atoms with E-state index in [0.29, 0.717) is 24.5 Å². The van der Waals surface area contributed by atoms with Crippen LogP contribution >= 0.6 is 0 Å². The van der Waals surface area contributed by atoms with Gasteiger partial charge in [0.15, 0.2) is 0 Å². The second-order valence-electron chi connectivity index (χ2n) is 8.64. The maximum Gasteiger partial charge on any atom is 0.137 e. The van der Waals surface area contributed by atoms with Gasteiger partial charge in [-0.15, -0.1) is 0 Å². The molecule has 126 valence electrons. The van der Waals surface area contributed by atoms with Crippen molar-refractivity contribution in [3.8, 4) is 0 Å². The minimum atomic E-state index is -0.485. The van der Waals surface area contributed by atoms with Crippen LogP contribution in [0, 0.1) is 34.5 Å². The highest BCUT2D eigenvalue weighted by Crippen LogP contribution is 2.66. The first kappa shape index (κ1) is 16.4. The zero-order chi connectivity index (χ0) is 16.3. The molecule has 0 heterocycles. The summed E-state index contributed by atoms with van der Waals surface area (Å²) in [6.45, 7) is 8.63. The van der Waals surface area contributed by atoms with E-state index < -0.39 is 12.2 Å². The molecule has 0 aromatic carbocycles. The summed E-state index contributed by atoms with van der Waals surface area (Å²) in [6, 6.07) is 0. The molecule has 2 bridgehead atoms. The summed E-state index contributed by atoms with van der Waals surface area (Å²) in [6.07, 6.45) is 4.26. The van der Waals surface area contributed by atoms with E-state index in [1.807, 2.05) is 0 Å². The SMILES string of the molecule is CC[C@H]1C[C@H](O)[C@]2(C)[C@H](C)CC[C@]3(CCC(=O)[C@H]32)[C@@H](C)[C@@H]1O. The van der Waals surface area contributed by atoms with E-state index in [4.69, 9.17) is 0 Å². The standard InChI is InChI=1S/C19H32O3/c1-5-13-10-15(21)18(4)11(2)6-8-19(12(3)16(13)22)9-7-14(20)17(18)19/h11-13,15-17,21-22H,5-10H2,1-4H3/t11-,12+,13+,15+,16+,17+,18+,19+/m1/s1. The molecule has 0 amide bonds. The molecule has 3 saturated carbocycles. The molecule has 3 aliphatic carbocycles. The molecular weight excluding hydrogens is 276 g/mol. The molecule has 3 fully saturated rings. The lowest BCUT2D eigenvalue weighted by atomic mass is 9.45. The van der Waals surface area contributed by atoms with Gasteiger partial charge in [-0.05, 0) is 48.9 Å². The minimum Gasteiger partial charge on any atom is -0.393 e. The fourth-order valence-electron chi connectivity index (χ4n) is 6.36. The topological polar surface area (TPSA) is 57.5 Å². The summed E-state index contributed by atoms with van der Waals surface area (Å²) in [5.41, 5.74) is -0.416. The van der Waals surface area contributed by atoms with Crippen LogP contribution in [0.5, 0.6) is 0 Å². The number of Topliss-reactive ketones (excluding diaryl/α,β-unsaturated/α-hetero) is 1. The predicted molar refractivity (Wildman–Crippen MR) is 86.2 cm³/mol. The Morgan fingerprint density at radius 3 is 2.55 bits per heavy atom. The number of hydrogen-bond donors (Lipinski definition) is 2. The molecule has 0 unspecified atom stereocenters. The van der Waals surface area contributed by atoms with Crippen molar-refractivity contribution in [3.63, 3.8) is 0 Å². The Kier molecular flexibility index (Phi) is 3.97. The van der Waals surface area contributed by atoms with Crippen LogP contribution in [-0.2, 0) is 4.79 Å². The highest BCUT2D eigenvalue weighted by atomic mass is 16.3. The zero-order valence-corrected chi connectivity index (χ0v) is 14.5. The van der Waals surface area contributed by atoms with Crippen LogP contribution in [-0.4, -0.2) is 28.2 Å². The first-order valence-electron chi connectivity index (χ1n) is 9.17. The van der Waals surface area contributed by atoms with Crippen molar-refractivity contribution in [2.24, 2.45) is 34.5 Å². The summed E-state index contributed by atoms with van der Waals surface area (Å²) in [7, 11) is 0. The molecule has 3 rings (SSSR count). The lowest BCUT2D eigenvalue weighted by Crippen LogP contribution is -2.60. The number of hydrogen-bond acceptors (Lipinski definition) is 3. The lowest BCUT2D eigenvalue weighted by Gasteiger charge is -2.60. The fourth-order valence-corrected chi connectivity index (χ4v) is 6.36. The molecule has 0 saturated heterocycles. The van der Waals surface area contributed by atoms with Crippen LogP contribution in [0.3, 0.4) is 0 Å². The number of carbonyl (C=O) groups excluding carboxylic acids is 1. The number of rotatable bonds is 1. The second-order valence-corrected chi connectivity index (χ2v) is 8.64. The van der Waals surface area contributed by atoms with Gasteiger partial charge in [-0.25, -0.2) is 0 Å². The molecule has 0 aromatic rings. The Morgan fingerprint density at radius 1 is 1.23 bits per heavy atom. The molecule has 22 heavy (non-hydrogen) atoms. The molecule has 8 atom stereocenters. The van der Waals surface area contributed by atoms with Gasteiger partial charge in [-0.3, -0.25) is 4.79 Å². The highest BCUT2D eigenvalue weighted by molar-refractivity contribution is 5.85. The van der Waals surface area contributed by atoms with E-state index in [1.165, 1.54) is 0 Å². The van der Waals surface area contributed by atoms with Crippen LogP contribution in [0.15, 0.2) is 0 Å². The smallest absolute Gasteiger partial charge is 0.137 e. The monoisotopic (exact) mass is 308 g/mol. The van der Waals surface area contributed by atoms with Gasteiger partial charge in [0.05, 0.1) is 12.2 Å². The third kappa shape index (κ3) is 1.91. The molecule has 3 heteroatoms. The lowest BCUT2D eigenvalue weighted by molar-refractivity contribution is -0.183. The van der Waals surface area contributed by atoms with E-state index in [1.54, 1.807) is 0 Å². The summed E-state index contributed by atoms with van der Waals surface area (Å²) >= 11 is 0. The largest absolute Gasteiger partial charge is 0.393 e. The maximum atomic E-state index is 12.8. The number of aliphatic hydroxyl groups is 2. The van der Waals surface area contributed by atoms with Crippen molar-refractivity contribution in [2.75, 3.05) is 0 Å². The van der Waals surface area contributed by atoms with Gasteiger partial charge in [-0.1, -0.05) is 34.1 Å². The molecule has 3 aliphatic rings. The Bertz CT molecular complexity index is 462. The van der Waals surface area contributed by atoms with E-state index in [-0.39, 0.29) is 28.6 Å². The van der Waals surface area contributed by atoms with Gasteiger partial charge in [0, 0.05) is 17.8 Å². The van der Waals surface area contributed by atoms with E-state index in [2.05, 4.69) is 27.7 Å². The molecular formula is C19H32O3. The highest BCUT2D eigenvalue weighted by Gasteiger charge is 2.66. The summed E-state index contributed by atoms with van der Waals surface area (Å²) in [5.74, 6) is 0.919. The molecule has 0 aliphatic heterocycles.